The van der Waals surface area contributed by atoms with E-state index < -0.39 is 18.2 Å². The minimum absolute atomic E-state index is 0.0477. The molecule has 2 aromatic carbocycles. The van der Waals surface area contributed by atoms with Crippen LogP contribution in [0, 0.1) is 23.2 Å². The van der Waals surface area contributed by atoms with E-state index in [9.17, 15) is 14.9 Å². The van der Waals surface area contributed by atoms with E-state index in [2.05, 4.69) is 18.0 Å². The lowest BCUT2D eigenvalue weighted by Crippen LogP contribution is -2.31. The lowest BCUT2D eigenvalue weighted by Gasteiger charge is -2.23. The quantitative estimate of drug-likeness (QED) is 0.140. The van der Waals surface area contributed by atoms with Gasteiger partial charge in [-0.3, -0.25) is 4.79 Å². The van der Waals surface area contributed by atoms with Gasteiger partial charge in [0.2, 0.25) is 6.29 Å². The molecule has 4 rings (SSSR count). The largest absolute Gasteiger partial charge is 0.425 e. The number of unbranched alkanes of at least 4 members (excludes halogenated alkanes) is 1. The van der Waals surface area contributed by atoms with Gasteiger partial charge in [-0.05, 0) is 36.2 Å². The number of aryl methyl sites for hydroxylation is 1. The number of hydrogen-bond donors (Lipinski definition) is 0. The van der Waals surface area contributed by atoms with Crippen LogP contribution in [0.4, 0.5) is 0 Å². The number of halogens is 1. The summed E-state index contributed by atoms with van der Waals surface area (Å²) in [7, 11) is 0. The topological polar surface area (TPSA) is 99.1 Å². The molecule has 4 aromatic rings. The molecule has 2 aromatic heterocycles. The second-order valence-corrected chi connectivity index (χ2v) is 11.0. The molecule has 0 saturated carbocycles. The van der Waals surface area contributed by atoms with E-state index >= 15 is 0 Å². The summed E-state index contributed by atoms with van der Waals surface area (Å²) in [6.07, 6.45) is 3.32. The molecule has 0 radical (unpaired) electrons. The van der Waals surface area contributed by atoms with E-state index in [-0.39, 0.29) is 22.7 Å². The van der Waals surface area contributed by atoms with Crippen molar-refractivity contribution in [2.45, 2.75) is 66.7 Å². The maximum Gasteiger partial charge on any atom is 0.361 e. The molecular formula is C32H35ClN4O4. The summed E-state index contributed by atoms with van der Waals surface area (Å²) >= 11 is 6.57. The van der Waals surface area contributed by atoms with Crippen molar-refractivity contribution in [2.24, 2.45) is 11.8 Å². The summed E-state index contributed by atoms with van der Waals surface area (Å²) < 4.78 is 15.0. The number of nitriles is 1. The number of para-hydroxylation sites is 1. The molecule has 0 saturated heterocycles. The number of hydrogen-bond acceptors (Lipinski definition) is 6. The molecule has 0 spiro atoms. The van der Waals surface area contributed by atoms with Gasteiger partial charge in [0, 0.05) is 23.9 Å². The second-order valence-electron chi connectivity index (χ2n) is 10.6. The zero-order valence-electron chi connectivity index (χ0n) is 24.1. The third-order valence-corrected chi connectivity index (χ3v) is 7.12. The minimum Gasteiger partial charge on any atom is -0.425 e. The van der Waals surface area contributed by atoms with Crippen LogP contribution < -0.4 is 0 Å². The summed E-state index contributed by atoms with van der Waals surface area (Å²) in [6.45, 7) is 9.48. The Bertz CT molecular complexity index is 1590. The van der Waals surface area contributed by atoms with Crippen molar-refractivity contribution in [3.63, 3.8) is 0 Å². The van der Waals surface area contributed by atoms with Gasteiger partial charge < -0.3 is 18.6 Å². The molecule has 0 aliphatic carbocycles. The summed E-state index contributed by atoms with van der Waals surface area (Å²) in [4.78, 5) is 30.4. The molecule has 1 unspecified atom stereocenters. The lowest BCUT2D eigenvalue weighted by atomic mass is 10.1. The van der Waals surface area contributed by atoms with Crippen LogP contribution in [0.2, 0.25) is 5.15 Å². The zero-order valence-corrected chi connectivity index (χ0v) is 24.8. The molecular weight excluding hydrogens is 540 g/mol. The van der Waals surface area contributed by atoms with Gasteiger partial charge in [-0.25, -0.2) is 9.78 Å². The molecule has 0 bridgehead atoms. The second kappa shape index (κ2) is 13.0. The van der Waals surface area contributed by atoms with Crippen LogP contribution in [0.1, 0.15) is 74.9 Å². The van der Waals surface area contributed by atoms with Crippen LogP contribution in [0.15, 0.2) is 54.7 Å². The number of carbonyl (C=O) groups excluding carboxylic acids is 2. The number of carbonyl (C=O) groups is 2. The number of esters is 2. The van der Waals surface area contributed by atoms with Gasteiger partial charge in [-0.2, -0.15) is 5.26 Å². The molecule has 214 valence electrons. The third-order valence-electron chi connectivity index (χ3n) is 6.86. The zero-order chi connectivity index (χ0) is 29.7. The van der Waals surface area contributed by atoms with Crippen LogP contribution >= 0.6 is 11.6 Å². The molecule has 0 aliphatic heterocycles. The average Bonchev–Trinajstić information content (AvgIpc) is 3.52. The number of ether oxygens (including phenoxy) is 2. The van der Waals surface area contributed by atoms with Gasteiger partial charge in [0.25, 0.3) is 0 Å². The van der Waals surface area contributed by atoms with Gasteiger partial charge in [0.05, 0.1) is 29.2 Å². The molecule has 0 amide bonds. The number of imidazole rings is 1. The van der Waals surface area contributed by atoms with Crippen molar-refractivity contribution in [3.05, 3.63) is 82.5 Å². The number of benzene rings is 2. The van der Waals surface area contributed by atoms with Crippen LogP contribution in [0.5, 0.6) is 0 Å². The Labute approximate surface area is 245 Å². The van der Waals surface area contributed by atoms with Gasteiger partial charge in [-0.1, -0.05) is 76.9 Å². The fourth-order valence-electron chi connectivity index (χ4n) is 4.59. The molecule has 0 aliphatic rings. The van der Waals surface area contributed by atoms with E-state index in [0.717, 1.165) is 35.0 Å². The molecule has 1 atom stereocenters. The van der Waals surface area contributed by atoms with E-state index in [1.165, 1.54) is 0 Å². The monoisotopic (exact) mass is 574 g/mol. The van der Waals surface area contributed by atoms with E-state index in [0.29, 0.717) is 24.4 Å². The number of nitrogens with zero attached hydrogens (tertiary/aromatic N) is 4. The highest BCUT2D eigenvalue weighted by Crippen LogP contribution is 2.29. The standard InChI is InChI=1S/C32H35ClN4O4/c1-6-7-15-27-35-29(33)28(31(39)41-32(21(4)5)40-30(38)20(2)3)37(27)19-23-12-10-14-26-24(23)16-17-36(26)25-13-9-8-11-22(25)18-34/h8-14,16-17,20-21,32H,6-7,15,19H2,1-5H3. The molecule has 0 N–H and O–H groups in total. The van der Waals surface area contributed by atoms with Crippen molar-refractivity contribution in [1.29, 1.82) is 5.26 Å². The minimum atomic E-state index is -1.06. The Morgan fingerprint density at radius 1 is 1.05 bits per heavy atom. The highest BCUT2D eigenvalue weighted by molar-refractivity contribution is 6.32. The van der Waals surface area contributed by atoms with Gasteiger partial charge >= 0.3 is 11.9 Å². The molecule has 2 heterocycles. The molecule has 0 fully saturated rings. The maximum atomic E-state index is 13.6. The number of rotatable bonds is 11. The summed E-state index contributed by atoms with van der Waals surface area (Å²) in [5.74, 6) is -1.10. The first-order valence-corrected chi connectivity index (χ1v) is 14.3. The summed E-state index contributed by atoms with van der Waals surface area (Å²) in [5.41, 5.74) is 3.35. The van der Waals surface area contributed by atoms with Crippen molar-refractivity contribution in [1.82, 2.24) is 14.1 Å². The first kappa shape index (κ1) is 29.9. The predicted octanol–water partition coefficient (Wildman–Crippen LogP) is 7.08. The molecule has 41 heavy (non-hydrogen) atoms. The van der Waals surface area contributed by atoms with Crippen molar-refractivity contribution in [3.8, 4) is 11.8 Å². The Balaban J connectivity index is 1.74. The van der Waals surface area contributed by atoms with Crippen LogP contribution in [-0.4, -0.2) is 32.3 Å². The average molecular weight is 575 g/mol. The highest BCUT2D eigenvalue weighted by Gasteiger charge is 2.30. The predicted molar refractivity (Wildman–Crippen MR) is 158 cm³/mol. The first-order chi connectivity index (χ1) is 19.7. The van der Waals surface area contributed by atoms with Gasteiger partial charge in [-0.15, -0.1) is 0 Å². The SMILES string of the molecule is CCCCc1nc(Cl)c(C(=O)OC(OC(=O)C(C)C)C(C)C)n1Cc1cccc2c1ccn2-c1ccccc1C#N. The Morgan fingerprint density at radius 3 is 2.49 bits per heavy atom. The van der Waals surface area contributed by atoms with Crippen molar-refractivity contribution < 1.29 is 19.1 Å². The van der Waals surface area contributed by atoms with E-state index in [1.807, 2.05) is 67.1 Å². The fraction of sp³-hybridized carbons (Fsp3) is 0.375. The third kappa shape index (κ3) is 6.47. The van der Waals surface area contributed by atoms with E-state index in [1.54, 1.807) is 24.5 Å². The smallest absolute Gasteiger partial charge is 0.361 e. The number of aromatic nitrogens is 3. The summed E-state index contributed by atoms with van der Waals surface area (Å²) in [5, 5.41) is 10.7. The fourth-order valence-corrected chi connectivity index (χ4v) is 4.87. The first-order valence-electron chi connectivity index (χ1n) is 13.9. The molecule has 8 nitrogen and oxygen atoms in total. The normalized spacial score (nSPS) is 12.1. The summed E-state index contributed by atoms with van der Waals surface area (Å²) in [6, 6.07) is 17.7. The van der Waals surface area contributed by atoms with Crippen molar-refractivity contribution in [2.75, 3.05) is 0 Å². The van der Waals surface area contributed by atoms with Gasteiger partial charge in [0.15, 0.2) is 10.8 Å². The van der Waals surface area contributed by atoms with Crippen LogP contribution in [0.3, 0.4) is 0 Å². The Kier molecular flexibility index (Phi) is 9.51. The lowest BCUT2D eigenvalue weighted by molar-refractivity contribution is -0.179. The van der Waals surface area contributed by atoms with Crippen molar-refractivity contribution >= 4 is 34.4 Å². The van der Waals surface area contributed by atoms with Gasteiger partial charge in [0.1, 0.15) is 11.9 Å². The maximum absolute atomic E-state index is 13.6. The molecule has 9 heteroatoms. The number of fused-ring (bicyclic) bond motifs is 1. The Morgan fingerprint density at radius 2 is 1.80 bits per heavy atom. The Hall–Kier alpha value is -4.09. The highest BCUT2D eigenvalue weighted by atomic mass is 35.5. The van der Waals surface area contributed by atoms with Crippen LogP contribution in [0.25, 0.3) is 16.6 Å². The van der Waals surface area contributed by atoms with Crippen LogP contribution in [-0.2, 0) is 27.2 Å². The van der Waals surface area contributed by atoms with E-state index in [4.69, 9.17) is 21.1 Å².